The number of carbonyl (C=O) groups excluding carboxylic acids is 1. The van der Waals surface area contributed by atoms with Gasteiger partial charge in [-0.05, 0) is 30.2 Å². The molecule has 2 aromatic carbocycles. The Balaban J connectivity index is 2.42. The van der Waals surface area contributed by atoms with Gasteiger partial charge in [-0.2, -0.15) is 5.26 Å². The van der Waals surface area contributed by atoms with Gasteiger partial charge in [0.2, 0.25) is 0 Å². The Labute approximate surface area is 184 Å². The molecule has 1 atom stereocenters. The number of para-hydroxylation sites is 1. The molecule has 8 heteroatoms. The molecule has 1 unspecified atom stereocenters. The molecule has 0 aliphatic carbocycles. The zero-order chi connectivity index (χ0) is 21.8. The molecule has 2 aromatic rings. The first-order chi connectivity index (χ1) is 14.5. The second kappa shape index (κ2) is 9.26. The lowest BCUT2D eigenvalue weighted by molar-refractivity contribution is 0.231. The molecule has 1 aliphatic heterocycles. The number of hydrogen-bond donors (Lipinski definition) is 2. The van der Waals surface area contributed by atoms with E-state index in [4.69, 9.17) is 22.1 Å². The number of halogens is 1. The summed E-state index contributed by atoms with van der Waals surface area (Å²) < 4.78 is 5.55. The van der Waals surface area contributed by atoms with Gasteiger partial charge in [-0.3, -0.25) is 4.90 Å². The summed E-state index contributed by atoms with van der Waals surface area (Å²) >= 11 is 7.50. The van der Waals surface area contributed by atoms with Crippen molar-refractivity contribution >= 4 is 35.0 Å². The number of methoxy groups -OCH3 is 1. The minimum Gasteiger partial charge on any atom is -0.496 e. The number of amides is 2. The number of ether oxygens (including phenoxy) is 1. The third-order valence-corrected chi connectivity index (χ3v) is 6.04. The smallest absolute Gasteiger partial charge is 0.324 e. The summed E-state index contributed by atoms with van der Waals surface area (Å²) in [6, 6.07) is 16.1. The number of nitrogens with zero attached hydrogens (tertiary/aromatic N) is 2. The monoisotopic (exact) mass is 441 g/mol. The van der Waals surface area contributed by atoms with Crippen molar-refractivity contribution in [2.45, 2.75) is 12.8 Å². The van der Waals surface area contributed by atoms with Gasteiger partial charge in [-0.25, -0.2) is 4.79 Å². The standard InChI is InChI=1S/C22H20ClN3O3S/c1-13-19(15-8-4-6-10-18(15)29-2)20(14-7-3-5-9-17(14)23)16(11-24)21(30-12-27)26(13)22(25)28/h3-10,20,27H,12H2,1-2H3,(H2,25,28). The third kappa shape index (κ3) is 3.77. The maximum absolute atomic E-state index is 12.4. The van der Waals surface area contributed by atoms with E-state index in [1.54, 1.807) is 20.1 Å². The zero-order valence-corrected chi connectivity index (χ0v) is 18.0. The normalized spacial score (nSPS) is 16.5. The van der Waals surface area contributed by atoms with Crippen LogP contribution in [0.5, 0.6) is 5.75 Å². The number of primary amides is 1. The van der Waals surface area contributed by atoms with Crippen molar-refractivity contribution in [2.24, 2.45) is 5.73 Å². The summed E-state index contributed by atoms with van der Waals surface area (Å²) in [4.78, 5) is 13.6. The minimum atomic E-state index is -0.749. The molecule has 3 rings (SSSR count). The van der Waals surface area contributed by atoms with E-state index in [0.717, 1.165) is 17.3 Å². The Kier molecular flexibility index (Phi) is 6.73. The number of allylic oxidation sites excluding steroid dienone is 3. The van der Waals surface area contributed by atoms with Crippen molar-refractivity contribution in [1.82, 2.24) is 4.90 Å². The first-order valence-electron chi connectivity index (χ1n) is 9.02. The Morgan fingerprint density at radius 2 is 1.97 bits per heavy atom. The van der Waals surface area contributed by atoms with E-state index in [0.29, 0.717) is 27.6 Å². The number of aliphatic hydroxyl groups excluding tert-OH is 1. The molecule has 2 amide bonds. The molecule has 1 heterocycles. The number of thioether (sulfide) groups is 1. The molecule has 30 heavy (non-hydrogen) atoms. The van der Waals surface area contributed by atoms with E-state index >= 15 is 0 Å². The molecule has 3 N–H and O–H groups in total. The van der Waals surface area contributed by atoms with E-state index in [1.807, 2.05) is 42.5 Å². The summed E-state index contributed by atoms with van der Waals surface area (Å²) in [5, 5.41) is 20.5. The molecule has 154 valence electrons. The highest BCUT2D eigenvalue weighted by atomic mass is 35.5. The second-order valence-electron chi connectivity index (χ2n) is 6.43. The van der Waals surface area contributed by atoms with Gasteiger partial charge < -0.3 is 15.6 Å². The molecule has 1 aliphatic rings. The van der Waals surface area contributed by atoms with E-state index in [2.05, 4.69) is 6.07 Å². The molecule has 0 saturated carbocycles. The first kappa shape index (κ1) is 21.8. The van der Waals surface area contributed by atoms with Gasteiger partial charge in [0.15, 0.2) is 0 Å². The highest BCUT2D eigenvalue weighted by Gasteiger charge is 2.39. The van der Waals surface area contributed by atoms with Crippen molar-refractivity contribution in [1.29, 1.82) is 5.26 Å². The van der Waals surface area contributed by atoms with E-state index in [1.165, 1.54) is 4.90 Å². The Morgan fingerprint density at radius 3 is 2.57 bits per heavy atom. The number of nitrogens with two attached hydrogens (primary N) is 1. The number of hydrogen-bond acceptors (Lipinski definition) is 5. The fraction of sp³-hybridized carbons (Fsp3) is 0.182. The van der Waals surface area contributed by atoms with Gasteiger partial charge in [0.05, 0.1) is 30.6 Å². The fourth-order valence-corrected chi connectivity index (χ4v) is 4.73. The average Bonchev–Trinajstić information content (AvgIpc) is 2.74. The number of aliphatic hydroxyl groups is 1. The molecule has 6 nitrogen and oxygen atoms in total. The predicted molar refractivity (Wildman–Crippen MR) is 119 cm³/mol. The van der Waals surface area contributed by atoms with Crippen LogP contribution in [0.15, 0.2) is 64.8 Å². The number of carbonyl (C=O) groups is 1. The number of nitriles is 1. The summed E-state index contributed by atoms with van der Waals surface area (Å²) in [7, 11) is 1.56. The topological polar surface area (TPSA) is 99.6 Å². The lowest BCUT2D eigenvalue weighted by atomic mass is 9.78. The molecule has 0 spiro atoms. The van der Waals surface area contributed by atoms with Crippen molar-refractivity contribution in [3.63, 3.8) is 0 Å². The molecule has 0 aromatic heterocycles. The fourth-order valence-electron chi connectivity index (χ4n) is 3.69. The lowest BCUT2D eigenvalue weighted by Crippen LogP contribution is -2.37. The van der Waals surface area contributed by atoms with Gasteiger partial charge in [-0.15, -0.1) is 0 Å². The maximum atomic E-state index is 12.4. The molecular formula is C22H20ClN3O3S. The van der Waals surface area contributed by atoms with Crippen LogP contribution >= 0.6 is 23.4 Å². The lowest BCUT2D eigenvalue weighted by Gasteiger charge is -2.36. The summed E-state index contributed by atoms with van der Waals surface area (Å²) in [5.74, 6) is -0.315. The van der Waals surface area contributed by atoms with Gasteiger partial charge in [0, 0.05) is 16.3 Å². The molecule has 0 radical (unpaired) electrons. The summed E-state index contributed by atoms with van der Waals surface area (Å²) in [6.45, 7) is 1.75. The van der Waals surface area contributed by atoms with Gasteiger partial charge in [0.25, 0.3) is 0 Å². The third-order valence-electron chi connectivity index (χ3n) is 4.89. The van der Waals surface area contributed by atoms with Gasteiger partial charge in [-0.1, -0.05) is 59.8 Å². The van der Waals surface area contributed by atoms with Crippen LogP contribution in [0.25, 0.3) is 5.57 Å². The van der Waals surface area contributed by atoms with Crippen LogP contribution in [0, 0.1) is 11.3 Å². The second-order valence-corrected chi connectivity index (χ2v) is 7.77. The first-order valence-corrected chi connectivity index (χ1v) is 10.4. The van der Waals surface area contributed by atoms with Crippen LogP contribution in [-0.2, 0) is 0 Å². The maximum Gasteiger partial charge on any atom is 0.324 e. The SMILES string of the molecule is COc1ccccc1C1=C(C)N(C(N)=O)C(SCO)=C(C#N)C1c1ccccc1Cl. The van der Waals surface area contributed by atoms with E-state index < -0.39 is 11.9 Å². The van der Waals surface area contributed by atoms with E-state index in [-0.39, 0.29) is 16.5 Å². The van der Waals surface area contributed by atoms with E-state index in [9.17, 15) is 15.2 Å². The molecule has 0 fully saturated rings. The van der Waals surface area contributed by atoms with Gasteiger partial charge >= 0.3 is 6.03 Å². The number of benzene rings is 2. The molecule has 0 saturated heterocycles. The van der Waals surface area contributed by atoms with Crippen LogP contribution in [-0.4, -0.2) is 29.1 Å². The largest absolute Gasteiger partial charge is 0.496 e. The van der Waals surface area contributed by atoms with Crippen molar-refractivity contribution < 1.29 is 14.6 Å². The van der Waals surface area contributed by atoms with Crippen LogP contribution in [0.1, 0.15) is 24.0 Å². The Morgan fingerprint density at radius 1 is 1.30 bits per heavy atom. The highest BCUT2D eigenvalue weighted by Crippen LogP contribution is 2.51. The van der Waals surface area contributed by atoms with Crippen molar-refractivity contribution in [2.75, 3.05) is 13.0 Å². The van der Waals surface area contributed by atoms with Crippen LogP contribution < -0.4 is 10.5 Å². The highest BCUT2D eigenvalue weighted by molar-refractivity contribution is 8.02. The Bertz CT molecular complexity index is 1090. The minimum absolute atomic E-state index is 0.271. The molecule has 0 bridgehead atoms. The summed E-state index contributed by atoms with van der Waals surface area (Å²) in [5.41, 5.74) is 8.58. The van der Waals surface area contributed by atoms with Crippen LogP contribution in [0.3, 0.4) is 0 Å². The van der Waals surface area contributed by atoms with Crippen molar-refractivity contribution in [3.05, 3.63) is 81.0 Å². The van der Waals surface area contributed by atoms with Crippen LogP contribution in [0.4, 0.5) is 4.79 Å². The predicted octanol–water partition coefficient (Wildman–Crippen LogP) is 4.68. The van der Waals surface area contributed by atoms with Crippen molar-refractivity contribution in [3.8, 4) is 11.8 Å². The zero-order valence-electron chi connectivity index (χ0n) is 16.4. The summed E-state index contributed by atoms with van der Waals surface area (Å²) in [6.07, 6.45) is 0. The van der Waals surface area contributed by atoms with Crippen LogP contribution in [0.2, 0.25) is 5.02 Å². The molecular weight excluding hydrogens is 422 g/mol. The average molecular weight is 442 g/mol. The van der Waals surface area contributed by atoms with Gasteiger partial charge in [0.1, 0.15) is 10.8 Å². The number of rotatable bonds is 5. The quantitative estimate of drug-likeness (QED) is 0.656. The number of urea groups is 1. The Hall–Kier alpha value is -2.92.